The van der Waals surface area contributed by atoms with Gasteiger partial charge in [-0.1, -0.05) is 146 Å². The molecule has 2 spiro atoms. The molecule has 1 aromatic heterocycles. The summed E-state index contributed by atoms with van der Waals surface area (Å²) >= 11 is 0. The molecule has 5 aromatic carbocycles. The number of anilines is 1. The lowest BCUT2D eigenvalue weighted by Gasteiger charge is -2.32. The molecule has 0 radical (unpaired) electrons. The van der Waals surface area contributed by atoms with Crippen LogP contribution in [0.3, 0.4) is 0 Å². The zero-order chi connectivity index (χ0) is 37.3. The SMILES string of the molecule is CCC1=C2C=C3CC3(C1)Cc1ccc(CC)c(c1)C1(N=C(c3ccccc3)C(c3ccc(N(C)C)cc3)=N1)n1c2nc(-c2ccccc2)c1-c1ccccc1. The van der Waals surface area contributed by atoms with Crippen molar-refractivity contribution in [2.45, 2.75) is 51.7 Å². The third kappa shape index (κ3) is 5.31. The third-order valence-corrected chi connectivity index (χ3v) is 12.2. The number of hydrogen-bond donors (Lipinski definition) is 0. The van der Waals surface area contributed by atoms with Gasteiger partial charge in [-0.15, -0.1) is 0 Å². The number of nitrogens with zero attached hydrogens (tertiary/aromatic N) is 5. The summed E-state index contributed by atoms with van der Waals surface area (Å²) in [6.07, 6.45) is 7.52. The molecule has 0 saturated heterocycles. The van der Waals surface area contributed by atoms with Crippen LogP contribution in [0.15, 0.2) is 161 Å². The van der Waals surface area contributed by atoms with E-state index in [1.807, 2.05) is 0 Å². The number of imidazole rings is 1. The normalized spacial score (nSPS) is 20.7. The molecule has 2 unspecified atom stereocenters. The van der Waals surface area contributed by atoms with Gasteiger partial charge in [-0.2, -0.15) is 0 Å². The van der Waals surface area contributed by atoms with E-state index in [2.05, 4.69) is 177 Å². The Morgan fingerprint density at radius 1 is 0.636 bits per heavy atom. The summed E-state index contributed by atoms with van der Waals surface area (Å²) in [5.41, 5.74) is 17.2. The van der Waals surface area contributed by atoms with Crippen molar-refractivity contribution in [2.75, 3.05) is 19.0 Å². The van der Waals surface area contributed by atoms with Crippen molar-refractivity contribution in [3.63, 3.8) is 0 Å². The minimum absolute atomic E-state index is 0.177. The maximum atomic E-state index is 6.04. The van der Waals surface area contributed by atoms with E-state index in [1.54, 1.807) is 5.57 Å². The Morgan fingerprint density at radius 2 is 1.25 bits per heavy atom. The Hall–Kier alpha value is -6.07. The molecule has 3 aliphatic heterocycles. The number of hydrogen-bond acceptors (Lipinski definition) is 4. The maximum Gasteiger partial charge on any atom is 0.261 e. The zero-order valence-corrected chi connectivity index (χ0v) is 32.1. The molecule has 6 aromatic rings. The van der Waals surface area contributed by atoms with E-state index >= 15 is 0 Å². The van der Waals surface area contributed by atoms with Crippen LogP contribution in [0.1, 0.15) is 66.8 Å². The highest BCUT2D eigenvalue weighted by Crippen LogP contribution is 2.63. The predicted molar refractivity (Wildman–Crippen MR) is 227 cm³/mol. The van der Waals surface area contributed by atoms with E-state index < -0.39 is 5.79 Å². The zero-order valence-electron chi connectivity index (χ0n) is 32.1. The van der Waals surface area contributed by atoms with Gasteiger partial charge in [0.25, 0.3) is 5.79 Å². The van der Waals surface area contributed by atoms with Crippen LogP contribution in [-0.4, -0.2) is 35.1 Å². The van der Waals surface area contributed by atoms with E-state index in [1.165, 1.54) is 22.3 Å². The third-order valence-electron chi connectivity index (χ3n) is 12.2. The molecule has 5 aliphatic rings. The fraction of sp³-hybridized carbons (Fsp3) is 0.220. The lowest BCUT2D eigenvalue weighted by Crippen LogP contribution is -2.33. The van der Waals surface area contributed by atoms with Crippen LogP contribution in [-0.2, 0) is 18.6 Å². The summed E-state index contributed by atoms with van der Waals surface area (Å²) in [7, 11) is 4.16. The Kier molecular flexibility index (Phi) is 7.78. The van der Waals surface area contributed by atoms with Gasteiger partial charge >= 0.3 is 0 Å². The van der Waals surface area contributed by atoms with E-state index in [-0.39, 0.29) is 5.41 Å². The summed E-state index contributed by atoms with van der Waals surface area (Å²) in [4.78, 5) is 20.0. The topological polar surface area (TPSA) is 45.8 Å². The van der Waals surface area contributed by atoms with Crippen LogP contribution < -0.4 is 4.90 Å². The molecule has 1 fully saturated rings. The van der Waals surface area contributed by atoms with Crippen LogP contribution in [0.2, 0.25) is 0 Å². The number of aliphatic imine (C=N–C) groups is 2. The molecule has 2 aliphatic carbocycles. The average Bonchev–Trinajstić information content (AvgIpc) is 3.56. The molecule has 4 bridgehead atoms. The predicted octanol–water partition coefficient (Wildman–Crippen LogP) is 10.9. The molecule has 55 heavy (non-hydrogen) atoms. The minimum Gasteiger partial charge on any atom is -0.378 e. The van der Waals surface area contributed by atoms with Gasteiger partial charge in [0.05, 0.1) is 22.8 Å². The summed E-state index contributed by atoms with van der Waals surface area (Å²) in [6, 6.07) is 48.0. The lowest BCUT2D eigenvalue weighted by atomic mass is 9.82. The van der Waals surface area contributed by atoms with E-state index in [4.69, 9.17) is 15.0 Å². The summed E-state index contributed by atoms with van der Waals surface area (Å²) in [5.74, 6) is -0.266. The van der Waals surface area contributed by atoms with Crippen molar-refractivity contribution in [1.29, 1.82) is 0 Å². The quantitative estimate of drug-likeness (QED) is 0.165. The van der Waals surface area contributed by atoms with Crippen molar-refractivity contribution in [3.8, 4) is 22.5 Å². The van der Waals surface area contributed by atoms with E-state index in [9.17, 15) is 0 Å². The molecule has 2 atom stereocenters. The molecule has 1 saturated carbocycles. The molecule has 270 valence electrons. The fourth-order valence-electron chi connectivity index (χ4n) is 9.27. The first kappa shape index (κ1) is 33.5. The Labute approximate surface area is 324 Å². The average molecular weight is 716 g/mol. The molecule has 4 heterocycles. The van der Waals surface area contributed by atoms with E-state index in [0.29, 0.717) is 0 Å². The number of benzene rings is 5. The second-order valence-corrected chi connectivity index (χ2v) is 15.8. The Balaban J connectivity index is 1.40. The summed E-state index contributed by atoms with van der Waals surface area (Å²) < 4.78 is 2.44. The van der Waals surface area contributed by atoms with Crippen LogP contribution in [0.4, 0.5) is 5.69 Å². The van der Waals surface area contributed by atoms with Crippen molar-refractivity contribution < 1.29 is 0 Å². The monoisotopic (exact) mass is 715 g/mol. The second kappa shape index (κ2) is 12.8. The van der Waals surface area contributed by atoms with Gasteiger partial charge < -0.3 is 4.90 Å². The highest BCUT2D eigenvalue weighted by atomic mass is 15.4. The van der Waals surface area contributed by atoms with Crippen molar-refractivity contribution >= 4 is 22.7 Å². The maximum absolute atomic E-state index is 6.04. The lowest BCUT2D eigenvalue weighted by molar-refractivity contribution is 0.397. The molecule has 0 amide bonds. The first-order valence-corrected chi connectivity index (χ1v) is 19.7. The van der Waals surface area contributed by atoms with Crippen LogP contribution in [0, 0.1) is 5.41 Å². The highest BCUT2D eigenvalue weighted by molar-refractivity contribution is 6.54. The van der Waals surface area contributed by atoms with Gasteiger partial charge in [-0.25, -0.2) is 15.0 Å². The number of fused-ring (bicyclic) bond motifs is 1. The van der Waals surface area contributed by atoms with Gasteiger partial charge in [0.1, 0.15) is 5.82 Å². The van der Waals surface area contributed by atoms with Crippen LogP contribution in [0.5, 0.6) is 0 Å². The Bertz CT molecular complexity index is 2590. The van der Waals surface area contributed by atoms with Crippen molar-refractivity contribution in [2.24, 2.45) is 15.4 Å². The van der Waals surface area contributed by atoms with Crippen LogP contribution >= 0.6 is 0 Å². The van der Waals surface area contributed by atoms with Gasteiger partial charge in [-0.3, -0.25) is 4.57 Å². The molecule has 5 heteroatoms. The smallest absolute Gasteiger partial charge is 0.261 e. The van der Waals surface area contributed by atoms with Crippen molar-refractivity contribution in [3.05, 3.63) is 184 Å². The first-order valence-electron chi connectivity index (χ1n) is 19.7. The largest absolute Gasteiger partial charge is 0.378 e. The number of allylic oxidation sites excluding steroid dienone is 4. The molecular weight excluding hydrogens is 671 g/mol. The fourth-order valence-corrected chi connectivity index (χ4v) is 9.27. The van der Waals surface area contributed by atoms with Gasteiger partial charge in [-0.05, 0) is 61.4 Å². The summed E-state index contributed by atoms with van der Waals surface area (Å²) in [6.45, 7) is 4.57. The summed E-state index contributed by atoms with van der Waals surface area (Å²) in [5, 5.41) is 0. The molecule has 0 N–H and O–H groups in total. The number of aryl methyl sites for hydroxylation is 1. The van der Waals surface area contributed by atoms with Gasteiger partial charge in [0.15, 0.2) is 0 Å². The van der Waals surface area contributed by atoms with Crippen molar-refractivity contribution in [1.82, 2.24) is 9.55 Å². The van der Waals surface area contributed by atoms with Crippen LogP contribution in [0.25, 0.3) is 28.1 Å². The molecule has 11 rings (SSSR count). The minimum atomic E-state index is -1.20. The Morgan fingerprint density at radius 3 is 1.87 bits per heavy atom. The molecular formula is C50H45N5. The number of aromatic nitrogens is 2. The first-order chi connectivity index (χ1) is 26.9. The van der Waals surface area contributed by atoms with E-state index in [0.717, 1.165) is 94.2 Å². The second-order valence-electron chi connectivity index (χ2n) is 15.8. The standard InChI is InChI=1S/C50H45N5/c1-5-34-23-22-33-28-43(34)50(52-44(36-16-10-7-11-17-36)45(53-50)38-24-26-41(27-25-38)54(3)4)55-47(39-20-14-9-15-21-39)46(37-18-12-8-13-19-37)51-48(55)42-29-40-32-49(40,30-33)31-35(42)6-2/h7-29H,5-6,30-32H2,1-4H3. The van der Waals surface area contributed by atoms with Gasteiger partial charge in [0.2, 0.25) is 0 Å². The number of rotatable bonds is 7. The highest BCUT2D eigenvalue weighted by Gasteiger charge is 2.53. The van der Waals surface area contributed by atoms with Gasteiger partial charge in [0, 0.05) is 58.6 Å². The molecule has 5 nitrogen and oxygen atoms in total.